The lowest BCUT2D eigenvalue weighted by atomic mass is 10.1. The maximum atomic E-state index is 9.83. The van der Waals surface area contributed by atoms with Crippen LogP contribution < -0.4 is 20.1 Å². The second kappa shape index (κ2) is 13.1. The fourth-order valence-electron chi connectivity index (χ4n) is 2.72. The summed E-state index contributed by atoms with van der Waals surface area (Å²) in [6, 6.07) is 11.5. The van der Waals surface area contributed by atoms with Crippen LogP contribution in [0.5, 0.6) is 17.2 Å². The van der Waals surface area contributed by atoms with Crippen LogP contribution in [-0.2, 0) is 13.1 Å². The first-order valence-corrected chi connectivity index (χ1v) is 9.76. The molecule has 0 amide bonds. The predicted octanol–water partition coefficient (Wildman–Crippen LogP) is 4.37. The average molecular weight is 513 g/mol. The molecule has 0 unspecified atom stereocenters. The standard InChI is InChI=1S/C22H31N3O3.HI/c1-5-23-22(24-14-17-9-11-19(26)21(13-17)28-7-3)25-15-18-10-8-16(4)12-20(18)27-6-2;/h8-13,26H,5-7,14-15H2,1-4H3,(H2,23,24,25);1H. The van der Waals surface area contributed by atoms with E-state index in [0.29, 0.717) is 32.1 Å². The molecular formula is C22H32IN3O3. The number of nitrogens with zero attached hydrogens (tertiary/aromatic N) is 1. The summed E-state index contributed by atoms with van der Waals surface area (Å²) < 4.78 is 11.2. The summed E-state index contributed by atoms with van der Waals surface area (Å²) in [7, 11) is 0. The number of nitrogens with one attached hydrogen (secondary N) is 2. The lowest BCUT2D eigenvalue weighted by Gasteiger charge is -2.15. The highest BCUT2D eigenvalue weighted by atomic mass is 127. The lowest BCUT2D eigenvalue weighted by molar-refractivity contribution is 0.318. The maximum absolute atomic E-state index is 9.83. The summed E-state index contributed by atoms with van der Waals surface area (Å²) in [6.45, 7) is 10.9. The van der Waals surface area contributed by atoms with Gasteiger partial charge in [-0.3, -0.25) is 0 Å². The van der Waals surface area contributed by atoms with Crippen molar-refractivity contribution in [3.63, 3.8) is 0 Å². The number of halogens is 1. The van der Waals surface area contributed by atoms with Crippen LogP contribution in [0, 0.1) is 6.92 Å². The molecular weight excluding hydrogens is 481 g/mol. The molecule has 0 fully saturated rings. The van der Waals surface area contributed by atoms with Crippen LogP contribution in [0.15, 0.2) is 41.4 Å². The summed E-state index contributed by atoms with van der Waals surface area (Å²) in [5.74, 6) is 2.24. The van der Waals surface area contributed by atoms with E-state index < -0.39 is 0 Å². The van der Waals surface area contributed by atoms with Gasteiger partial charge in [-0.1, -0.05) is 18.2 Å². The van der Waals surface area contributed by atoms with Gasteiger partial charge in [0, 0.05) is 18.7 Å². The molecule has 0 aromatic heterocycles. The number of hydrogen-bond acceptors (Lipinski definition) is 4. The zero-order valence-electron chi connectivity index (χ0n) is 17.6. The molecule has 2 aromatic carbocycles. The van der Waals surface area contributed by atoms with Gasteiger partial charge in [0.25, 0.3) is 0 Å². The van der Waals surface area contributed by atoms with E-state index in [9.17, 15) is 5.11 Å². The zero-order valence-corrected chi connectivity index (χ0v) is 19.9. The van der Waals surface area contributed by atoms with Crippen LogP contribution in [-0.4, -0.2) is 30.8 Å². The van der Waals surface area contributed by atoms with Crippen molar-refractivity contribution in [2.45, 2.75) is 40.8 Å². The number of guanidine groups is 1. The second-order valence-electron chi connectivity index (χ2n) is 6.33. The summed E-state index contributed by atoms with van der Waals surface area (Å²) in [6.07, 6.45) is 0. The summed E-state index contributed by atoms with van der Waals surface area (Å²) >= 11 is 0. The first-order valence-electron chi connectivity index (χ1n) is 9.76. The van der Waals surface area contributed by atoms with Gasteiger partial charge in [0.05, 0.1) is 19.8 Å². The number of aliphatic imine (C=N–C) groups is 1. The van der Waals surface area contributed by atoms with Gasteiger partial charge in [-0.2, -0.15) is 0 Å². The smallest absolute Gasteiger partial charge is 0.191 e. The number of benzene rings is 2. The molecule has 0 bridgehead atoms. The molecule has 2 rings (SSSR count). The second-order valence-corrected chi connectivity index (χ2v) is 6.33. The Hall–Kier alpha value is -2.16. The molecule has 0 spiro atoms. The molecule has 0 heterocycles. The molecule has 29 heavy (non-hydrogen) atoms. The Morgan fingerprint density at radius 2 is 1.69 bits per heavy atom. The molecule has 7 heteroatoms. The van der Waals surface area contributed by atoms with E-state index in [2.05, 4.69) is 40.7 Å². The first-order chi connectivity index (χ1) is 13.6. The maximum Gasteiger partial charge on any atom is 0.191 e. The molecule has 2 aromatic rings. The van der Waals surface area contributed by atoms with Gasteiger partial charge >= 0.3 is 0 Å². The number of hydrogen-bond donors (Lipinski definition) is 3. The van der Waals surface area contributed by atoms with E-state index in [-0.39, 0.29) is 29.7 Å². The molecule has 0 aliphatic carbocycles. The quantitative estimate of drug-likeness (QED) is 0.264. The van der Waals surface area contributed by atoms with Crippen molar-refractivity contribution < 1.29 is 14.6 Å². The predicted molar refractivity (Wildman–Crippen MR) is 129 cm³/mol. The van der Waals surface area contributed by atoms with E-state index in [1.165, 1.54) is 5.56 Å². The molecule has 6 nitrogen and oxygen atoms in total. The largest absolute Gasteiger partial charge is 0.504 e. The number of ether oxygens (including phenoxy) is 2. The number of phenols is 1. The monoisotopic (exact) mass is 513 g/mol. The Kier molecular flexibility index (Phi) is 11.3. The van der Waals surface area contributed by atoms with Crippen molar-refractivity contribution in [1.29, 1.82) is 0 Å². The highest BCUT2D eigenvalue weighted by molar-refractivity contribution is 14.0. The zero-order chi connectivity index (χ0) is 20.4. The topological polar surface area (TPSA) is 75.1 Å². The molecule has 0 saturated carbocycles. The summed E-state index contributed by atoms with van der Waals surface area (Å²) in [5, 5.41) is 16.4. The molecule has 3 N–H and O–H groups in total. The Morgan fingerprint density at radius 1 is 0.966 bits per heavy atom. The van der Waals surface area contributed by atoms with Crippen molar-refractivity contribution in [2.24, 2.45) is 4.99 Å². The van der Waals surface area contributed by atoms with Gasteiger partial charge in [0.15, 0.2) is 17.5 Å². The summed E-state index contributed by atoms with van der Waals surface area (Å²) in [5.41, 5.74) is 3.22. The van der Waals surface area contributed by atoms with Crippen LogP contribution in [0.3, 0.4) is 0 Å². The minimum atomic E-state index is 0. The number of rotatable bonds is 9. The Morgan fingerprint density at radius 3 is 2.38 bits per heavy atom. The molecule has 0 atom stereocenters. The minimum Gasteiger partial charge on any atom is -0.504 e. The number of aromatic hydroxyl groups is 1. The summed E-state index contributed by atoms with van der Waals surface area (Å²) in [4.78, 5) is 4.64. The van der Waals surface area contributed by atoms with Crippen LogP contribution >= 0.6 is 24.0 Å². The van der Waals surface area contributed by atoms with E-state index in [1.807, 2.05) is 32.9 Å². The third-order valence-corrected chi connectivity index (χ3v) is 4.06. The van der Waals surface area contributed by atoms with Crippen molar-refractivity contribution in [3.05, 3.63) is 53.1 Å². The van der Waals surface area contributed by atoms with Crippen molar-refractivity contribution in [2.75, 3.05) is 19.8 Å². The average Bonchev–Trinajstić information content (AvgIpc) is 2.68. The third-order valence-electron chi connectivity index (χ3n) is 4.06. The van der Waals surface area contributed by atoms with Crippen LogP contribution in [0.1, 0.15) is 37.5 Å². The Bertz CT molecular complexity index is 797. The fraction of sp³-hybridized carbons (Fsp3) is 0.409. The van der Waals surface area contributed by atoms with Gasteiger partial charge in [0.1, 0.15) is 5.75 Å². The van der Waals surface area contributed by atoms with Crippen LogP contribution in [0.2, 0.25) is 0 Å². The van der Waals surface area contributed by atoms with Crippen LogP contribution in [0.25, 0.3) is 0 Å². The van der Waals surface area contributed by atoms with Gasteiger partial charge in [0.2, 0.25) is 0 Å². The molecule has 0 saturated heterocycles. The number of phenolic OH excluding ortho intramolecular Hbond substituents is 1. The number of aryl methyl sites for hydroxylation is 1. The van der Waals surface area contributed by atoms with E-state index in [4.69, 9.17) is 9.47 Å². The lowest BCUT2D eigenvalue weighted by Crippen LogP contribution is -2.36. The molecule has 0 aliphatic rings. The molecule has 0 radical (unpaired) electrons. The SMILES string of the molecule is CCNC(=NCc1ccc(O)c(OCC)c1)NCc1ccc(C)cc1OCC.I. The Balaban J connectivity index is 0.00000420. The Labute approximate surface area is 190 Å². The molecule has 0 aliphatic heterocycles. The van der Waals surface area contributed by atoms with Crippen molar-refractivity contribution in [3.8, 4) is 17.2 Å². The highest BCUT2D eigenvalue weighted by Gasteiger charge is 2.07. The van der Waals surface area contributed by atoms with Gasteiger partial charge in [-0.25, -0.2) is 4.99 Å². The van der Waals surface area contributed by atoms with Gasteiger partial charge in [-0.15, -0.1) is 24.0 Å². The van der Waals surface area contributed by atoms with E-state index in [0.717, 1.165) is 29.4 Å². The minimum absolute atomic E-state index is 0. The van der Waals surface area contributed by atoms with Crippen LogP contribution in [0.4, 0.5) is 0 Å². The van der Waals surface area contributed by atoms with Crippen molar-refractivity contribution >= 4 is 29.9 Å². The highest BCUT2D eigenvalue weighted by Crippen LogP contribution is 2.27. The molecule has 160 valence electrons. The van der Waals surface area contributed by atoms with Crippen molar-refractivity contribution in [1.82, 2.24) is 10.6 Å². The normalized spacial score (nSPS) is 10.8. The fourth-order valence-corrected chi connectivity index (χ4v) is 2.72. The van der Waals surface area contributed by atoms with E-state index >= 15 is 0 Å². The van der Waals surface area contributed by atoms with Gasteiger partial charge < -0.3 is 25.2 Å². The van der Waals surface area contributed by atoms with Gasteiger partial charge in [-0.05, 0) is 57.0 Å². The third kappa shape index (κ3) is 8.00. The first kappa shape index (κ1) is 24.9. The van der Waals surface area contributed by atoms with E-state index in [1.54, 1.807) is 6.07 Å².